The van der Waals surface area contributed by atoms with Gasteiger partial charge in [-0.3, -0.25) is 4.57 Å². The van der Waals surface area contributed by atoms with Crippen LogP contribution in [0.15, 0.2) is 132 Å². The lowest BCUT2D eigenvalue weighted by atomic mass is 9.84. The summed E-state index contributed by atoms with van der Waals surface area (Å²) in [6.45, 7) is 0. The summed E-state index contributed by atoms with van der Waals surface area (Å²) in [7, 11) is 0. The second kappa shape index (κ2) is 10.6. The van der Waals surface area contributed by atoms with Crippen LogP contribution in [-0.2, 0) is 0 Å². The second-order valence-electron chi connectivity index (χ2n) is 12.1. The van der Waals surface area contributed by atoms with Crippen molar-refractivity contribution < 1.29 is 4.42 Å². The molecule has 0 radical (unpaired) electrons. The fraction of sp³-hybridized carbons (Fsp3) is 0.150. The van der Waals surface area contributed by atoms with Gasteiger partial charge in [0.25, 0.3) is 0 Å². The molecule has 1 aliphatic carbocycles. The molecule has 3 aromatic heterocycles. The number of furan rings is 1. The first-order valence-electron chi connectivity index (χ1n) is 15.9. The summed E-state index contributed by atoms with van der Waals surface area (Å²) in [4.78, 5) is 11.9. The molecule has 0 spiro atoms. The van der Waals surface area contributed by atoms with Gasteiger partial charge in [0.15, 0.2) is 11.4 Å². The van der Waals surface area contributed by atoms with Crippen LogP contribution in [0.1, 0.15) is 43.6 Å². The molecule has 3 heterocycles. The Bertz CT molecular complexity index is 2270. The molecule has 218 valence electrons. The molecular formula is C40H32N4O. The average molecular weight is 585 g/mol. The highest BCUT2D eigenvalue weighted by molar-refractivity contribution is 6.12. The van der Waals surface area contributed by atoms with Gasteiger partial charge in [-0.25, -0.2) is 9.97 Å². The van der Waals surface area contributed by atoms with Crippen LogP contribution in [0, 0.1) is 0 Å². The number of para-hydroxylation sites is 3. The Morgan fingerprint density at radius 3 is 2.09 bits per heavy atom. The van der Waals surface area contributed by atoms with E-state index in [4.69, 9.17) is 14.4 Å². The number of aromatic nitrogens is 3. The highest BCUT2D eigenvalue weighted by Crippen LogP contribution is 2.41. The van der Waals surface area contributed by atoms with Crippen LogP contribution in [0.3, 0.4) is 0 Å². The molecule has 0 N–H and O–H groups in total. The summed E-state index contributed by atoms with van der Waals surface area (Å²) in [6, 6.07) is 43.0. The van der Waals surface area contributed by atoms with Gasteiger partial charge in [-0.05, 0) is 85.0 Å². The van der Waals surface area contributed by atoms with Crippen molar-refractivity contribution in [1.82, 2.24) is 14.5 Å². The lowest BCUT2D eigenvalue weighted by Gasteiger charge is -2.25. The predicted octanol–water partition coefficient (Wildman–Crippen LogP) is 11.0. The van der Waals surface area contributed by atoms with Crippen LogP contribution in [0.5, 0.6) is 0 Å². The van der Waals surface area contributed by atoms with Crippen molar-refractivity contribution in [3.8, 4) is 5.82 Å². The third-order valence-electron chi connectivity index (χ3n) is 9.49. The average Bonchev–Trinajstić information content (AvgIpc) is 3.65. The quantitative estimate of drug-likeness (QED) is 0.202. The number of benzene rings is 5. The van der Waals surface area contributed by atoms with Gasteiger partial charge in [0.1, 0.15) is 17.4 Å². The number of nitrogens with zero attached hydrogens (tertiary/aromatic N) is 4. The molecule has 9 rings (SSSR count). The minimum atomic E-state index is 0.618. The van der Waals surface area contributed by atoms with Crippen molar-refractivity contribution in [1.29, 1.82) is 0 Å². The van der Waals surface area contributed by atoms with Crippen LogP contribution in [0.4, 0.5) is 17.1 Å². The highest BCUT2D eigenvalue weighted by Gasteiger charge is 2.22. The van der Waals surface area contributed by atoms with Crippen molar-refractivity contribution in [2.24, 2.45) is 0 Å². The second-order valence-corrected chi connectivity index (χ2v) is 12.1. The van der Waals surface area contributed by atoms with Crippen molar-refractivity contribution in [3.63, 3.8) is 0 Å². The van der Waals surface area contributed by atoms with Gasteiger partial charge in [0, 0.05) is 33.2 Å². The summed E-state index contributed by atoms with van der Waals surface area (Å²) in [6.07, 6.45) is 8.17. The first kappa shape index (κ1) is 26.0. The summed E-state index contributed by atoms with van der Waals surface area (Å²) in [5, 5.41) is 3.39. The summed E-state index contributed by atoms with van der Waals surface area (Å²) in [5.74, 6) is 1.38. The lowest BCUT2D eigenvalue weighted by molar-refractivity contribution is 0.444. The van der Waals surface area contributed by atoms with Gasteiger partial charge in [0.2, 0.25) is 0 Å². The first-order valence-corrected chi connectivity index (χ1v) is 15.9. The normalized spacial score (nSPS) is 14.1. The molecule has 5 nitrogen and oxygen atoms in total. The Morgan fingerprint density at radius 1 is 0.600 bits per heavy atom. The van der Waals surface area contributed by atoms with Gasteiger partial charge in [-0.15, -0.1) is 0 Å². The Balaban J connectivity index is 1.24. The maximum Gasteiger partial charge on any atom is 0.197 e. The smallest absolute Gasteiger partial charge is 0.197 e. The Morgan fingerprint density at radius 2 is 1.31 bits per heavy atom. The SMILES string of the molecule is c1ccc(N(c2ccccc2)c2ccc3c(c2)c2ccccc2n3-c2ncnc3c2oc2ccc(C4CCCCC4)cc23)cc1. The van der Waals surface area contributed by atoms with E-state index in [-0.39, 0.29) is 0 Å². The van der Waals surface area contributed by atoms with E-state index in [0.717, 1.165) is 66.8 Å². The molecule has 0 unspecified atom stereocenters. The van der Waals surface area contributed by atoms with E-state index in [2.05, 4.69) is 131 Å². The van der Waals surface area contributed by atoms with E-state index in [1.54, 1.807) is 6.33 Å². The van der Waals surface area contributed by atoms with Gasteiger partial charge in [0.05, 0.1) is 11.0 Å². The number of anilines is 3. The fourth-order valence-corrected chi connectivity index (χ4v) is 7.36. The zero-order valence-corrected chi connectivity index (χ0v) is 24.9. The van der Waals surface area contributed by atoms with Gasteiger partial charge in [-0.1, -0.05) is 79.9 Å². The minimum absolute atomic E-state index is 0.618. The number of hydrogen-bond donors (Lipinski definition) is 0. The first-order chi connectivity index (χ1) is 22.3. The summed E-state index contributed by atoms with van der Waals surface area (Å²) < 4.78 is 8.81. The molecule has 0 amide bonds. The van der Waals surface area contributed by atoms with E-state index < -0.39 is 0 Å². The summed E-state index contributed by atoms with van der Waals surface area (Å²) >= 11 is 0. The number of rotatable bonds is 5. The third-order valence-corrected chi connectivity index (χ3v) is 9.49. The van der Waals surface area contributed by atoms with E-state index in [1.165, 1.54) is 37.7 Å². The number of fused-ring (bicyclic) bond motifs is 6. The molecule has 0 saturated heterocycles. The Kier molecular flexibility index (Phi) is 6.15. The van der Waals surface area contributed by atoms with Crippen LogP contribution >= 0.6 is 0 Å². The predicted molar refractivity (Wildman–Crippen MR) is 184 cm³/mol. The van der Waals surface area contributed by atoms with Crippen molar-refractivity contribution in [2.75, 3.05) is 4.90 Å². The molecular weight excluding hydrogens is 552 g/mol. The monoisotopic (exact) mass is 584 g/mol. The van der Waals surface area contributed by atoms with Crippen LogP contribution in [0.25, 0.3) is 49.7 Å². The maximum atomic E-state index is 6.57. The van der Waals surface area contributed by atoms with Gasteiger partial charge >= 0.3 is 0 Å². The molecule has 0 aliphatic heterocycles. The molecule has 45 heavy (non-hydrogen) atoms. The third kappa shape index (κ3) is 4.30. The zero-order chi connectivity index (χ0) is 29.7. The van der Waals surface area contributed by atoms with E-state index in [9.17, 15) is 0 Å². The highest BCUT2D eigenvalue weighted by atomic mass is 16.3. The standard InChI is InChI=1S/C40H32N4O/c1-4-12-27(13-5-1)28-20-23-37-34(24-28)38-39(45-37)40(42-26-41-38)44-35-19-11-10-18-32(35)33-25-31(21-22-36(33)44)43(29-14-6-2-7-15-29)30-16-8-3-9-17-30/h2-3,6-11,14-27H,1,4-5,12-13H2. The van der Waals surface area contributed by atoms with Crippen molar-refractivity contribution >= 4 is 60.9 Å². The largest absolute Gasteiger partial charge is 0.450 e. The van der Waals surface area contributed by atoms with Crippen LogP contribution in [-0.4, -0.2) is 14.5 Å². The van der Waals surface area contributed by atoms with Gasteiger partial charge in [-0.2, -0.15) is 0 Å². The Hall–Kier alpha value is -5.42. The molecule has 1 saturated carbocycles. The molecule has 5 heteroatoms. The molecule has 1 aliphatic rings. The summed E-state index contributed by atoms with van der Waals surface area (Å²) in [5.41, 5.74) is 9.31. The maximum absolute atomic E-state index is 6.57. The minimum Gasteiger partial charge on any atom is -0.450 e. The molecule has 0 atom stereocenters. The van der Waals surface area contributed by atoms with E-state index in [1.807, 2.05) is 0 Å². The zero-order valence-electron chi connectivity index (χ0n) is 24.9. The fourth-order valence-electron chi connectivity index (χ4n) is 7.36. The Labute approximate surface area is 261 Å². The van der Waals surface area contributed by atoms with Crippen LogP contribution < -0.4 is 4.90 Å². The van der Waals surface area contributed by atoms with Crippen molar-refractivity contribution in [2.45, 2.75) is 38.0 Å². The molecule has 0 bridgehead atoms. The lowest BCUT2D eigenvalue weighted by Crippen LogP contribution is -2.09. The van der Waals surface area contributed by atoms with E-state index in [0.29, 0.717) is 5.92 Å². The van der Waals surface area contributed by atoms with Crippen molar-refractivity contribution in [3.05, 3.63) is 133 Å². The molecule has 1 fully saturated rings. The molecule has 5 aromatic carbocycles. The molecule has 8 aromatic rings. The van der Waals surface area contributed by atoms with Gasteiger partial charge < -0.3 is 9.32 Å². The topological polar surface area (TPSA) is 47.1 Å². The van der Waals surface area contributed by atoms with Crippen LogP contribution in [0.2, 0.25) is 0 Å². The number of hydrogen-bond acceptors (Lipinski definition) is 4. The van der Waals surface area contributed by atoms with E-state index >= 15 is 0 Å².